The van der Waals surface area contributed by atoms with Crippen LogP contribution >= 0.6 is 0 Å². The van der Waals surface area contributed by atoms with Crippen LogP contribution < -0.4 is 5.32 Å². The number of aromatic amines is 1. The summed E-state index contributed by atoms with van der Waals surface area (Å²) in [5.74, 6) is 0.283. The number of benzene rings is 1. The molecule has 26 heavy (non-hydrogen) atoms. The van der Waals surface area contributed by atoms with Crippen molar-refractivity contribution in [1.82, 2.24) is 10.2 Å². The highest BCUT2D eigenvalue weighted by atomic mass is 19.4. The number of hydrogen-bond donors (Lipinski definition) is 2. The van der Waals surface area contributed by atoms with Crippen LogP contribution in [0.3, 0.4) is 0 Å². The molecule has 0 spiro atoms. The maximum Gasteiger partial charge on any atom is 0.416 e. The fraction of sp³-hybridized carbons (Fsp3) is 0.474. The molecule has 2 aromatic rings. The molecule has 0 atom stereocenters. The first-order chi connectivity index (χ1) is 12.4. The fourth-order valence-electron chi connectivity index (χ4n) is 3.49. The normalized spacial score (nSPS) is 15.4. The topological polar surface area (TPSA) is 57.8 Å². The number of rotatable bonds is 5. The van der Waals surface area contributed by atoms with Crippen molar-refractivity contribution in [2.75, 3.05) is 5.32 Å². The SMILES string of the molecule is CCc1[nH]nc(-c2cccc(C(F)(F)F)c2)c1NC(=O)CC1CCCC1. The molecule has 1 aromatic carbocycles. The number of halogens is 3. The van der Waals surface area contributed by atoms with Gasteiger partial charge in [-0.05, 0) is 37.3 Å². The summed E-state index contributed by atoms with van der Waals surface area (Å²) >= 11 is 0. The van der Waals surface area contributed by atoms with E-state index in [1.165, 1.54) is 6.07 Å². The van der Waals surface area contributed by atoms with Gasteiger partial charge in [0, 0.05) is 12.0 Å². The Balaban J connectivity index is 1.87. The first-order valence-electron chi connectivity index (χ1n) is 8.93. The lowest BCUT2D eigenvalue weighted by Crippen LogP contribution is -2.16. The van der Waals surface area contributed by atoms with Gasteiger partial charge in [0.1, 0.15) is 5.69 Å². The second kappa shape index (κ2) is 7.51. The highest BCUT2D eigenvalue weighted by Crippen LogP contribution is 2.35. The van der Waals surface area contributed by atoms with Gasteiger partial charge in [-0.1, -0.05) is 31.9 Å². The number of amides is 1. The predicted molar refractivity (Wildman–Crippen MR) is 93.6 cm³/mol. The van der Waals surface area contributed by atoms with Gasteiger partial charge in [-0.3, -0.25) is 9.89 Å². The van der Waals surface area contributed by atoms with E-state index in [1.807, 2.05) is 6.92 Å². The van der Waals surface area contributed by atoms with E-state index in [0.717, 1.165) is 37.8 Å². The zero-order chi connectivity index (χ0) is 18.7. The maximum atomic E-state index is 13.0. The molecule has 1 fully saturated rings. The lowest BCUT2D eigenvalue weighted by Gasteiger charge is -2.12. The van der Waals surface area contributed by atoms with Crippen LogP contribution in [-0.4, -0.2) is 16.1 Å². The number of anilines is 1. The van der Waals surface area contributed by atoms with Gasteiger partial charge in [-0.2, -0.15) is 18.3 Å². The molecule has 1 saturated carbocycles. The second-order valence-corrected chi connectivity index (χ2v) is 6.76. The summed E-state index contributed by atoms with van der Waals surface area (Å²) < 4.78 is 39.0. The molecule has 3 rings (SSSR count). The Morgan fingerprint density at radius 2 is 2.04 bits per heavy atom. The summed E-state index contributed by atoms with van der Waals surface area (Å²) in [4.78, 5) is 12.4. The number of aryl methyl sites for hydroxylation is 1. The molecule has 1 aliphatic rings. The molecular weight excluding hydrogens is 343 g/mol. The van der Waals surface area contributed by atoms with Gasteiger partial charge in [0.05, 0.1) is 16.9 Å². The molecule has 0 saturated heterocycles. The molecule has 1 heterocycles. The van der Waals surface area contributed by atoms with Crippen LogP contribution in [0.1, 0.15) is 50.3 Å². The van der Waals surface area contributed by atoms with E-state index in [1.54, 1.807) is 6.07 Å². The van der Waals surface area contributed by atoms with Gasteiger partial charge in [-0.15, -0.1) is 0 Å². The minimum absolute atomic E-state index is 0.110. The van der Waals surface area contributed by atoms with E-state index in [0.29, 0.717) is 41.4 Å². The third-order valence-electron chi connectivity index (χ3n) is 4.87. The largest absolute Gasteiger partial charge is 0.416 e. The van der Waals surface area contributed by atoms with Gasteiger partial charge < -0.3 is 5.32 Å². The molecule has 140 valence electrons. The van der Waals surface area contributed by atoms with Crippen molar-refractivity contribution < 1.29 is 18.0 Å². The van der Waals surface area contributed by atoms with E-state index in [2.05, 4.69) is 15.5 Å². The maximum absolute atomic E-state index is 13.0. The van der Waals surface area contributed by atoms with E-state index >= 15 is 0 Å². The highest BCUT2D eigenvalue weighted by Gasteiger charge is 2.31. The van der Waals surface area contributed by atoms with Crippen LogP contribution in [0.25, 0.3) is 11.3 Å². The van der Waals surface area contributed by atoms with Crippen LogP contribution in [0.15, 0.2) is 24.3 Å². The van der Waals surface area contributed by atoms with Crippen LogP contribution in [-0.2, 0) is 17.4 Å². The van der Waals surface area contributed by atoms with Gasteiger partial charge in [0.15, 0.2) is 0 Å². The zero-order valence-electron chi connectivity index (χ0n) is 14.6. The average molecular weight is 365 g/mol. The monoisotopic (exact) mass is 365 g/mol. The third-order valence-corrected chi connectivity index (χ3v) is 4.87. The Bertz CT molecular complexity index is 777. The molecule has 0 bridgehead atoms. The van der Waals surface area contributed by atoms with Crippen LogP contribution in [0.5, 0.6) is 0 Å². The van der Waals surface area contributed by atoms with Crippen LogP contribution in [0.4, 0.5) is 18.9 Å². The van der Waals surface area contributed by atoms with Crippen molar-refractivity contribution in [3.05, 3.63) is 35.5 Å². The Labute approximate surface area is 150 Å². The highest BCUT2D eigenvalue weighted by molar-refractivity contribution is 5.95. The number of H-pyrrole nitrogens is 1. The number of nitrogens with zero attached hydrogens (tertiary/aromatic N) is 1. The molecule has 0 radical (unpaired) electrons. The lowest BCUT2D eigenvalue weighted by molar-refractivity contribution is -0.137. The fourth-order valence-corrected chi connectivity index (χ4v) is 3.49. The van der Waals surface area contributed by atoms with Crippen molar-refractivity contribution in [3.8, 4) is 11.3 Å². The number of aromatic nitrogens is 2. The number of carbonyl (C=O) groups is 1. The summed E-state index contributed by atoms with van der Waals surface area (Å²) in [6, 6.07) is 5.00. The molecule has 7 heteroatoms. The quantitative estimate of drug-likeness (QED) is 0.767. The summed E-state index contributed by atoms with van der Waals surface area (Å²) in [5.41, 5.74) is 1.12. The molecule has 0 aliphatic heterocycles. The Morgan fingerprint density at radius 1 is 1.31 bits per heavy atom. The number of hydrogen-bond acceptors (Lipinski definition) is 2. The van der Waals surface area contributed by atoms with Crippen molar-refractivity contribution in [3.63, 3.8) is 0 Å². The smallest absolute Gasteiger partial charge is 0.323 e. The molecule has 1 amide bonds. The number of nitrogens with one attached hydrogen (secondary N) is 2. The summed E-state index contributed by atoms with van der Waals surface area (Å²) in [6.45, 7) is 1.90. The van der Waals surface area contributed by atoms with Crippen molar-refractivity contribution >= 4 is 11.6 Å². The van der Waals surface area contributed by atoms with Gasteiger partial charge in [-0.25, -0.2) is 0 Å². The third kappa shape index (κ3) is 4.08. The Hall–Kier alpha value is -2.31. The minimum Gasteiger partial charge on any atom is -0.323 e. The van der Waals surface area contributed by atoms with Crippen molar-refractivity contribution in [2.24, 2.45) is 5.92 Å². The van der Waals surface area contributed by atoms with Gasteiger partial charge in [0.2, 0.25) is 5.91 Å². The lowest BCUT2D eigenvalue weighted by atomic mass is 10.0. The number of alkyl halides is 3. The minimum atomic E-state index is -4.42. The van der Waals surface area contributed by atoms with E-state index in [4.69, 9.17) is 0 Å². The first-order valence-corrected chi connectivity index (χ1v) is 8.93. The van der Waals surface area contributed by atoms with E-state index in [9.17, 15) is 18.0 Å². The zero-order valence-corrected chi connectivity index (χ0v) is 14.6. The molecule has 2 N–H and O–H groups in total. The second-order valence-electron chi connectivity index (χ2n) is 6.76. The van der Waals surface area contributed by atoms with Crippen LogP contribution in [0, 0.1) is 5.92 Å². The van der Waals surface area contributed by atoms with Crippen LogP contribution in [0.2, 0.25) is 0 Å². The number of carbonyl (C=O) groups excluding carboxylic acids is 1. The van der Waals surface area contributed by atoms with E-state index in [-0.39, 0.29) is 5.91 Å². The van der Waals surface area contributed by atoms with Gasteiger partial charge >= 0.3 is 6.18 Å². The molecular formula is C19H22F3N3O. The molecule has 0 unspecified atom stereocenters. The standard InChI is InChI=1S/C19H22F3N3O/c1-2-15-18(23-16(26)10-12-6-3-4-7-12)17(25-24-15)13-8-5-9-14(11-13)19(20,21)22/h5,8-9,11-12H,2-4,6-7,10H2,1H3,(H,23,26)(H,24,25). The molecule has 4 nitrogen and oxygen atoms in total. The Kier molecular flexibility index (Phi) is 5.34. The summed E-state index contributed by atoms with van der Waals surface area (Å²) in [7, 11) is 0. The molecule has 1 aliphatic carbocycles. The van der Waals surface area contributed by atoms with E-state index < -0.39 is 11.7 Å². The predicted octanol–water partition coefficient (Wildman–Crippen LogP) is 5.18. The molecule has 1 aromatic heterocycles. The Morgan fingerprint density at radius 3 is 2.69 bits per heavy atom. The average Bonchev–Trinajstić information content (AvgIpc) is 3.24. The first kappa shape index (κ1) is 18.5. The van der Waals surface area contributed by atoms with Crippen molar-refractivity contribution in [2.45, 2.75) is 51.6 Å². The van der Waals surface area contributed by atoms with Gasteiger partial charge in [0.25, 0.3) is 0 Å². The summed E-state index contributed by atoms with van der Waals surface area (Å²) in [6.07, 6.45) is 1.02. The summed E-state index contributed by atoms with van der Waals surface area (Å²) in [5, 5.41) is 9.87. The van der Waals surface area contributed by atoms with Crippen molar-refractivity contribution in [1.29, 1.82) is 0 Å².